The SMILES string of the molecule is COC(=O)[C@@H](NC(=O)C1CCC(N)C(C)C1(C)C)C(C)C. The molecule has 5 nitrogen and oxygen atoms in total. The molecule has 0 spiro atoms. The Labute approximate surface area is 128 Å². The molecule has 21 heavy (non-hydrogen) atoms. The number of ether oxygens (including phenoxy) is 1. The third-order valence-electron chi connectivity index (χ3n) is 5.24. The fraction of sp³-hybridized carbons (Fsp3) is 0.875. The number of methoxy groups -OCH3 is 1. The first-order valence-electron chi connectivity index (χ1n) is 7.76. The van der Waals surface area contributed by atoms with Gasteiger partial charge in [-0.1, -0.05) is 34.6 Å². The highest BCUT2D eigenvalue weighted by atomic mass is 16.5. The van der Waals surface area contributed by atoms with E-state index in [9.17, 15) is 9.59 Å². The zero-order valence-corrected chi connectivity index (χ0v) is 14.1. The smallest absolute Gasteiger partial charge is 0.328 e. The van der Waals surface area contributed by atoms with Gasteiger partial charge in [-0.3, -0.25) is 4.79 Å². The topological polar surface area (TPSA) is 81.4 Å². The Hall–Kier alpha value is -1.10. The van der Waals surface area contributed by atoms with Crippen molar-refractivity contribution >= 4 is 11.9 Å². The van der Waals surface area contributed by atoms with Gasteiger partial charge in [-0.05, 0) is 30.1 Å². The molecule has 0 radical (unpaired) electrons. The van der Waals surface area contributed by atoms with E-state index in [1.807, 2.05) is 13.8 Å². The Kier molecular flexibility index (Phi) is 5.79. The Bertz CT molecular complexity index is 393. The van der Waals surface area contributed by atoms with Gasteiger partial charge >= 0.3 is 5.97 Å². The molecule has 5 heteroatoms. The summed E-state index contributed by atoms with van der Waals surface area (Å²) < 4.78 is 4.78. The lowest BCUT2D eigenvalue weighted by Gasteiger charge is -2.46. The lowest BCUT2D eigenvalue weighted by atomic mass is 9.61. The largest absolute Gasteiger partial charge is 0.467 e. The van der Waals surface area contributed by atoms with Crippen LogP contribution in [0.5, 0.6) is 0 Å². The van der Waals surface area contributed by atoms with E-state index in [4.69, 9.17) is 10.5 Å². The van der Waals surface area contributed by atoms with Gasteiger partial charge in [0.2, 0.25) is 5.91 Å². The normalized spacial score (nSPS) is 29.8. The van der Waals surface area contributed by atoms with Crippen LogP contribution in [0.15, 0.2) is 0 Å². The zero-order valence-electron chi connectivity index (χ0n) is 14.1. The minimum absolute atomic E-state index is 0.00668. The zero-order chi connectivity index (χ0) is 16.4. The van der Waals surface area contributed by atoms with Crippen LogP contribution in [0.1, 0.15) is 47.5 Å². The van der Waals surface area contributed by atoms with E-state index in [0.717, 1.165) is 12.8 Å². The highest BCUT2D eigenvalue weighted by Gasteiger charge is 2.45. The van der Waals surface area contributed by atoms with Crippen molar-refractivity contribution in [3.8, 4) is 0 Å². The van der Waals surface area contributed by atoms with Gasteiger partial charge in [0.25, 0.3) is 0 Å². The monoisotopic (exact) mass is 298 g/mol. The lowest BCUT2D eigenvalue weighted by Crippen LogP contribution is -2.54. The number of carbonyl (C=O) groups is 2. The maximum Gasteiger partial charge on any atom is 0.328 e. The highest BCUT2D eigenvalue weighted by molar-refractivity contribution is 5.86. The Morgan fingerprint density at radius 3 is 2.33 bits per heavy atom. The molecule has 0 aromatic heterocycles. The van der Waals surface area contributed by atoms with Crippen molar-refractivity contribution in [2.45, 2.75) is 59.5 Å². The summed E-state index contributed by atoms with van der Waals surface area (Å²) in [5.41, 5.74) is 5.95. The van der Waals surface area contributed by atoms with Crippen molar-refractivity contribution in [3.63, 3.8) is 0 Å². The molecule has 1 rings (SSSR count). The molecule has 0 aromatic carbocycles. The second-order valence-corrected chi connectivity index (χ2v) is 7.16. The molecule has 0 bridgehead atoms. The molecular formula is C16H30N2O3. The van der Waals surface area contributed by atoms with Crippen molar-refractivity contribution in [2.24, 2.45) is 28.9 Å². The summed E-state index contributed by atoms with van der Waals surface area (Å²) in [6.45, 7) is 10.1. The molecule has 0 aliphatic heterocycles. The summed E-state index contributed by atoms with van der Waals surface area (Å²) in [6.07, 6.45) is 1.60. The minimum atomic E-state index is -0.593. The van der Waals surface area contributed by atoms with E-state index in [0.29, 0.717) is 0 Å². The van der Waals surface area contributed by atoms with Crippen LogP contribution in [0.25, 0.3) is 0 Å². The quantitative estimate of drug-likeness (QED) is 0.774. The van der Waals surface area contributed by atoms with Crippen LogP contribution in [0, 0.1) is 23.2 Å². The third-order valence-corrected chi connectivity index (χ3v) is 5.24. The summed E-state index contributed by atoms with van der Waals surface area (Å²) in [4.78, 5) is 24.4. The number of esters is 1. The molecule has 0 saturated heterocycles. The molecule has 1 amide bonds. The van der Waals surface area contributed by atoms with Crippen LogP contribution in [-0.2, 0) is 14.3 Å². The van der Waals surface area contributed by atoms with Crippen molar-refractivity contribution in [3.05, 3.63) is 0 Å². The Morgan fingerprint density at radius 1 is 1.29 bits per heavy atom. The highest BCUT2D eigenvalue weighted by Crippen LogP contribution is 2.44. The number of carbonyl (C=O) groups excluding carboxylic acids is 2. The Balaban J connectivity index is 2.85. The standard InChI is InChI=1S/C16H30N2O3/c1-9(2)13(15(20)21-6)18-14(19)11-7-8-12(17)10(3)16(11,4)5/h9-13H,7-8,17H2,1-6H3,(H,18,19)/t10?,11?,12?,13-/m0/s1. The van der Waals surface area contributed by atoms with Crippen LogP contribution in [-0.4, -0.2) is 31.1 Å². The minimum Gasteiger partial charge on any atom is -0.467 e. The van der Waals surface area contributed by atoms with E-state index in [2.05, 4.69) is 26.1 Å². The summed E-state index contributed by atoms with van der Waals surface area (Å²) in [7, 11) is 1.34. The third kappa shape index (κ3) is 3.76. The van der Waals surface area contributed by atoms with Crippen LogP contribution in [0.4, 0.5) is 0 Å². The van der Waals surface area contributed by atoms with Gasteiger partial charge in [0.1, 0.15) is 6.04 Å². The fourth-order valence-electron chi connectivity index (χ4n) is 3.20. The maximum absolute atomic E-state index is 12.6. The molecular weight excluding hydrogens is 268 g/mol. The first-order valence-corrected chi connectivity index (χ1v) is 7.76. The van der Waals surface area contributed by atoms with Gasteiger partial charge in [0.05, 0.1) is 7.11 Å². The maximum atomic E-state index is 12.6. The molecule has 3 N–H and O–H groups in total. The van der Waals surface area contributed by atoms with E-state index >= 15 is 0 Å². The van der Waals surface area contributed by atoms with E-state index < -0.39 is 12.0 Å². The van der Waals surface area contributed by atoms with Crippen LogP contribution in [0.3, 0.4) is 0 Å². The average molecular weight is 298 g/mol. The number of hydrogen-bond donors (Lipinski definition) is 2. The predicted octanol–water partition coefficient (Wildman–Crippen LogP) is 1.70. The molecule has 122 valence electrons. The van der Waals surface area contributed by atoms with Gasteiger partial charge in [0.15, 0.2) is 0 Å². The first-order chi connectivity index (χ1) is 9.62. The fourth-order valence-corrected chi connectivity index (χ4v) is 3.20. The summed E-state index contributed by atoms with van der Waals surface area (Å²) in [6, 6.07) is -0.463. The molecule has 0 heterocycles. The second kappa shape index (κ2) is 6.77. The number of rotatable bonds is 4. The molecule has 4 atom stereocenters. The number of nitrogens with one attached hydrogen (secondary N) is 1. The van der Waals surface area contributed by atoms with Crippen molar-refractivity contribution in [2.75, 3.05) is 7.11 Å². The lowest BCUT2D eigenvalue weighted by molar-refractivity contribution is -0.148. The number of hydrogen-bond acceptors (Lipinski definition) is 4. The molecule has 1 fully saturated rings. The van der Waals surface area contributed by atoms with Crippen LogP contribution < -0.4 is 11.1 Å². The molecule has 0 aromatic rings. The number of nitrogens with two attached hydrogens (primary N) is 1. The summed E-state index contributed by atoms with van der Waals surface area (Å²) in [5, 5.41) is 2.87. The van der Waals surface area contributed by atoms with Gasteiger partial charge < -0.3 is 15.8 Å². The van der Waals surface area contributed by atoms with Crippen molar-refractivity contribution in [1.82, 2.24) is 5.32 Å². The van der Waals surface area contributed by atoms with Gasteiger partial charge in [-0.25, -0.2) is 4.79 Å². The van der Waals surface area contributed by atoms with Crippen molar-refractivity contribution < 1.29 is 14.3 Å². The van der Waals surface area contributed by atoms with Crippen molar-refractivity contribution in [1.29, 1.82) is 0 Å². The first kappa shape index (κ1) is 18.0. The average Bonchev–Trinajstić information content (AvgIpc) is 2.40. The van der Waals surface area contributed by atoms with Gasteiger partial charge in [0, 0.05) is 12.0 Å². The van der Waals surface area contributed by atoms with E-state index in [-0.39, 0.29) is 35.1 Å². The summed E-state index contributed by atoms with van der Waals surface area (Å²) in [5.74, 6) is -0.330. The van der Waals surface area contributed by atoms with Gasteiger partial charge in [-0.2, -0.15) is 0 Å². The molecule has 1 aliphatic rings. The summed E-state index contributed by atoms with van der Waals surface area (Å²) >= 11 is 0. The molecule has 1 aliphatic carbocycles. The van der Waals surface area contributed by atoms with Crippen LogP contribution >= 0.6 is 0 Å². The molecule has 1 saturated carbocycles. The van der Waals surface area contributed by atoms with Gasteiger partial charge in [-0.15, -0.1) is 0 Å². The van der Waals surface area contributed by atoms with E-state index in [1.165, 1.54) is 7.11 Å². The number of amides is 1. The second-order valence-electron chi connectivity index (χ2n) is 7.16. The van der Waals surface area contributed by atoms with E-state index in [1.54, 1.807) is 0 Å². The Morgan fingerprint density at radius 2 is 1.86 bits per heavy atom. The predicted molar refractivity (Wildman–Crippen MR) is 82.4 cm³/mol. The molecule has 3 unspecified atom stereocenters. The van der Waals surface area contributed by atoms with Crippen LogP contribution in [0.2, 0.25) is 0 Å².